The fourth-order valence-corrected chi connectivity index (χ4v) is 3.54. The molecule has 0 aliphatic carbocycles. The van der Waals surface area contributed by atoms with Crippen molar-refractivity contribution in [1.82, 2.24) is 39.7 Å². The normalized spacial score (nSPS) is 12.0. The Morgan fingerprint density at radius 1 is 1.12 bits per heavy atom. The first-order chi connectivity index (χ1) is 15.4. The lowest BCUT2D eigenvalue weighted by Gasteiger charge is -2.04. The van der Waals surface area contributed by atoms with Gasteiger partial charge in [-0.25, -0.2) is 18.8 Å². The Morgan fingerprint density at radius 3 is 2.91 bits per heavy atom. The van der Waals surface area contributed by atoms with E-state index in [1.54, 1.807) is 29.5 Å². The van der Waals surface area contributed by atoms with Crippen molar-refractivity contribution < 1.29 is 17.2 Å². The Labute approximate surface area is 181 Å². The van der Waals surface area contributed by atoms with Gasteiger partial charge in [-0.05, 0) is 23.8 Å². The molecule has 0 aliphatic rings. The first-order valence-electron chi connectivity index (χ1n) is 9.49. The van der Waals surface area contributed by atoms with Gasteiger partial charge < -0.3 is 0 Å². The predicted molar refractivity (Wildman–Crippen MR) is 113 cm³/mol. The molecule has 0 unspecified atom stereocenters. The van der Waals surface area contributed by atoms with Gasteiger partial charge in [-0.3, -0.25) is 14.2 Å². The van der Waals surface area contributed by atoms with E-state index in [-0.39, 0.29) is 13.2 Å². The zero-order chi connectivity index (χ0) is 22.1. The van der Waals surface area contributed by atoms with E-state index in [1.807, 2.05) is 30.3 Å². The molecule has 12 nitrogen and oxygen atoms in total. The van der Waals surface area contributed by atoms with Gasteiger partial charge in [-0.1, -0.05) is 17.3 Å². The third-order valence-corrected chi connectivity index (χ3v) is 5.17. The summed E-state index contributed by atoms with van der Waals surface area (Å²) in [5, 5.41) is 13.5. The summed E-state index contributed by atoms with van der Waals surface area (Å²) < 4.78 is 37.4. The van der Waals surface area contributed by atoms with Crippen LogP contribution in [-0.4, -0.2) is 59.3 Å². The second-order valence-electron chi connectivity index (χ2n) is 6.92. The van der Waals surface area contributed by atoms with Gasteiger partial charge in [0.2, 0.25) is 5.65 Å². The predicted octanol–water partition coefficient (Wildman–Crippen LogP) is 1.50. The van der Waals surface area contributed by atoms with Crippen molar-refractivity contribution in [3.63, 3.8) is 0 Å². The minimum absolute atomic E-state index is 0.131. The molecular formula is C19H16N8O4S. The molecular weight excluding hydrogens is 436 g/mol. The average Bonchev–Trinajstić information content (AvgIpc) is 3.40. The Balaban J connectivity index is 1.39. The number of rotatable bonds is 7. The van der Waals surface area contributed by atoms with Crippen LogP contribution in [0.25, 0.3) is 33.5 Å². The third kappa shape index (κ3) is 4.30. The maximum atomic E-state index is 10.6. The number of pyridine rings is 1. The zero-order valence-corrected chi connectivity index (χ0v) is 17.3. The van der Waals surface area contributed by atoms with E-state index in [9.17, 15) is 8.42 Å². The van der Waals surface area contributed by atoms with E-state index in [0.717, 1.165) is 16.5 Å². The van der Waals surface area contributed by atoms with Crippen molar-refractivity contribution in [3.8, 4) is 11.3 Å². The summed E-state index contributed by atoms with van der Waals surface area (Å²) in [5.74, 6) is 0. The third-order valence-electron chi connectivity index (χ3n) is 4.71. The van der Waals surface area contributed by atoms with Gasteiger partial charge in [0.1, 0.15) is 0 Å². The topological polar surface area (TPSA) is 151 Å². The van der Waals surface area contributed by atoms with Gasteiger partial charge in [0.05, 0.1) is 43.3 Å². The fourth-order valence-electron chi connectivity index (χ4n) is 3.25. The number of fused-ring (bicyclic) bond motifs is 2. The van der Waals surface area contributed by atoms with E-state index in [2.05, 4.69) is 34.5 Å². The van der Waals surface area contributed by atoms with Gasteiger partial charge in [-0.15, -0.1) is 5.10 Å². The summed E-state index contributed by atoms with van der Waals surface area (Å²) in [6, 6.07) is 9.89. The van der Waals surface area contributed by atoms with Gasteiger partial charge in [0.15, 0.2) is 5.65 Å². The second-order valence-corrected chi connectivity index (χ2v) is 8.01. The molecule has 13 heteroatoms. The van der Waals surface area contributed by atoms with Crippen molar-refractivity contribution in [3.05, 3.63) is 60.7 Å². The molecule has 0 fully saturated rings. The molecule has 4 aromatic heterocycles. The Morgan fingerprint density at radius 2 is 2.03 bits per heavy atom. The van der Waals surface area contributed by atoms with Gasteiger partial charge >= 0.3 is 10.4 Å². The van der Waals surface area contributed by atoms with Crippen molar-refractivity contribution in [2.75, 3.05) is 6.61 Å². The smallest absolute Gasteiger partial charge is 0.270 e. The molecule has 0 radical (unpaired) electrons. The molecule has 0 spiro atoms. The first-order valence-corrected chi connectivity index (χ1v) is 10.9. The van der Waals surface area contributed by atoms with E-state index in [4.69, 9.17) is 4.55 Å². The highest BCUT2D eigenvalue weighted by molar-refractivity contribution is 7.80. The molecule has 0 amide bonds. The second kappa shape index (κ2) is 8.03. The summed E-state index contributed by atoms with van der Waals surface area (Å²) in [6.07, 6.45) is 6.58. The minimum atomic E-state index is -4.48. The van der Waals surface area contributed by atoms with Crippen LogP contribution in [0, 0.1) is 0 Å². The molecule has 0 saturated heterocycles. The van der Waals surface area contributed by atoms with E-state index >= 15 is 0 Å². The van der Waals surface area contributed by atoms with Crippen molar-refractivity contribution in [1.29, 1.82) is 0 Å². The summed E-state index contributed by atoms with van der Waals surface area (Å²) in [6.45, 7) is 0.347. The lowest BCUT2D eigenvalue weighted by Crippen LogP contribution is -2.10. The molecule has 4 heterocycles. The quantitative estimate of drug-likeness (QED) is 0.360. The highest BCUT2D eigenvalue weighted by atomic mass is 32.3. The molecule has 1 N–H and O–H groups in total. The molecule has 0 atom stereocenters. The molecule has 5 aromatic rings. The average molecular weight is 452 g/mol. The molecule has 162 valence electrons. The summed E-state index contributed by atoms with van der Waals surface area (Å²) in [5.41, 5.74) is 4.12. The summed E-state index contributed by atoms with van der Waals surface area (Å²) >= 11 is 0. The van der Waals surface area contributed by atoms with Gasteiger partial charge in [0.25, 0.3) is 0 Å². The van der Waals surface area contributed by atoms with Crippen LogP contribution >= 0.6 is 0 Å². The SMILES string of the molecule is O=S(=O)(O)OCCn1cc(-c2cnc3nnn(Cc4ccc5ncccc5c4)c3n2)cn1. The molecule has 32 heavy (non-hydrogen) atoms. The van der Waals surface area contributed by atoms with E-state index in [0.29, 0.717) is 29.1 Å². The Kier molecular flexibility index (Phi) is 5.05. The van der Waals surface area contributed by atoms with Crippen molar-refractivity contribution >= 4 is 32.6 Å². The maximum Gasteiger partial charge on any atom is 0.397 e. The standard InChI is InChI=1S/C19H16N8O4S/c28-32(29,30)31-7-6-26-12-15(9-22-26)17-10-21-18-19(23-17)27(25-24-18)11-13-3-4-16-14(8-13)2-1-5-20-16/h1-5,8-10,12H,6-7,11H2,(H,28,29,30). The van der Waals surface area contributed by atoms with Crippen LogP contribution in [-0.2, 0) is 27.7 Å². The minimum Gasteiger partial charge on any atom is -0.270 e. The van der Waals surface area contributed by atoms with Crippen molar-refractivity contribution in [2.45, 2.75) is 13.1 Å². The van der Waals surface area contributed by atoms with Crippen LogP contribution in [0.15, 0.2) is 55.1 Å². The number of benzene rings is 1. The zero-order valence-electron chi connectivity index (χ0n) is 16.5. The van der Waals surface area contributed by atoms with Gasteiger partial charge in [0, 0.05) is 23.3 Å². The molecule has 0 saturated carbocycles. The number of hydrogen-bond acceptors (Lipinski definition) is 9. The van der Waals surface area contributed by atoms with Crippen molar-refractivity contribution in [2.24, 2.45) is 0 Å². The lowest BCUT2D eigenvalue weighted by atomic mass is 10.1. The molecule has 0 aliphatic heterocycles. The van der Waals surface area contributed by atoms with Crippen LogP contribution in [0.5, 0.6) is 0 Å². The summed E-state index contributed by atoms with van der Waals surface area (Å²) in [4.78, 5) is 13.3. The number of aromatic nitrogens is 8. The number of nitrogens with zero attached hydrogens (tertiary/aromatic N) is 8. The Hall–Kier alpha value is -3.81. The Bertz CT molecular complexity index is 1530. The van der Waals surface area contributed by atoms with Crippen LogP contribution < -0.4 is 0 Å². The largest absolute Gasteiger partial charge is 0.397 e. The lowest BCUT2D eigenvalue weighted by molar-refractivity contribution is 0.253. The highest BCUT2D eigenvalue weighted by Crippen LogP contribution is 2.19. The molecule has 1 aromatic carbocycles. The number of hydrogen-bond donors (Lipinski definition) is 1. The van der Waals surface area contributed by atoms with Gasteiger partial charge in [-0.2, -0.15) is 13.5 Å². The summed E-state index contributed by atoms with van der Waals surface area (Å²) in [7, 11) is -4.48. The molecule has 5 rings (SSSR count). The maximum absolute atomic E-state index is 10.6. The van der Waals surface area contributed by atoms with E-state index < -0.39 is 10.4 Å². The first kappa shape index (κ1) is 20.1. The van der Waals surface area contributed by atoms with E-state index in [1.165, 1.54) is 4.68 Å². The molecule has 0 bridgehead atoms. The van der Waals surface area contributed by atoms with Crippen LogP contribution in [0.3, 0.4) is 0 Å². The fraction of sp³-hybridized carbons (Fsp3) is 0.158. The monoisotopic (exact) mass is 452 g/mol. The van der Waals surface area contributed by atoms with Crippen LogP contribution in [0.2, 0.25) is 0 Å². The van der Waals surface area contributed by atoms with Crippen LogP contribution in [0.1, 0.15) is 5.56 Å². The van der Waals surface area contributed by atoms with Crippen LogP contribution in [0.4, 0.5) is 0 Å². The highest BCUT2D eigenvalue weighted by Gasteiger charge is 2.12.